The Balaban J connectivity index is 2.41. The first-order chi connectivity index (χ1) is 10.8. The van der Waals surface area contributed by atoms with Crippen molar-refractivity contribution in [3.63, 3.8) is 0 Å². The molecule has 2 rings (SSSR count). The standard InChI is InChI=1S/C15H17N3O5/c1-9(2)7-17(8-13(19)20)15(21)11-6-10-4-3-5-12(18(22)23)14(10)16-11/h3-6,9,16H,7-8H2,1-2H3,(H,19,20). The first-order valence-corrected chi connectivity index (χ1v) is 7.06. The number of H-pyrrole nitrogens is 1. The number of aromatic nitrogens is 1. The largest absolute Gasteiger partial charge is 0.480 e. The van der Waals surface area contributed by atoms with Crippen molar-refractivity contribution in [3.8, 4) is 0 Å². The predicted molar refractivity (Wildman–Crippen MR) is 83.3 cm³/mol. The highest BCUT2D eigenvalue weighted by Crippen LogP contribution is 2.26. The highest BCUT2D eigenvalue weighted by Gasteiger charge is 2.23. The molecule has 23 heavy (non-hydrogen) atoms. The quantitative estimate of drug-likeness (QED) is 0.625. The van der Waals surface area contributed by atoms with Crippen molar-refractivity contribution >= 4 is 28.5 Å². The molecule has 1 aromatic heterocycles. The van der Waals surface area contributed by atoms with Gasteiger partial charge in [0.15, 0.2) is 0 Å². The van der Waals surface area contributed by atoms with Gasteiger partial charge in [-0.15, -0.1) is 0 Å². The first kappa shape index (κ1) is 16.5. The Kier molecular flexibility index (Phi) is 4.63. The SMILES string of the molecule is CC(C)CN(CC(=O)O)C(=O)c1cc2cccc([N+](=O)[O-])c2[nH]1. The Labute approximate surface area is 131 Å². The number of carboxylic acids is 1. The smallest absolute Gasteiger partial charge is 0.323 e. The molecule has 1 aromatic carbocycles. The number of nitrogens with zero attached hydrogens (tertiary/aromatic N) is 2. The number of amides is 1. The maximum Gasteiger partial charge on any atom is 0.323 e. The molecule has 0 radical (unpaired) electrons. The topological polar surface area (TPSA) is 117 Å². The zero-order valence-electron chi connectivity index (χ0n) is 12.8. The van der Waals surface area contributed by atoms with Crippen LogP contribution in [0.5, 0.6) is 0 Å². The minimum absolute atomic E-state index is 0.0945. The van der Waals surface area contributed by atoms with Gasteiger partial charge in [0.05, 0.1) is 4.92 Å². The van der Waals surface area contributed by atoms with Crippen LogP contribution in [0.1, 0.15) is 24.3 Å². The maximum absolute atomic E-state index is 12.5. The summed E-state index contributed by atoms with van der Waals surface area (Å²) in [5.74, 6) is -1.51. The van der Waals surface area contributed by atoms with E-state index in [4.69, 9.17) is 5.11 Å². The third-order valence-corrected chi connectivity index (χ3v) is 3.26. The molecule has 1 heterocycles. The maximum atomic E-state index is 12.5. The summed E-state index contributed by atoms with van der Waals surface area (Å²) in [6.45, 7) is 3.60. The number of non-ortho nitro benzene ring substituents is 1. The van der Waals surface area contributed by atoms with Crippen LogP contribution >= 0.6 is 0 Å². The van der Waals surface area contributed by atoms with Gasteiger partial charge in [-0.05, 0) is 12.0 Å². The molecular weight excluding hydrogens is 302 g/mol. The minimum atomic E-state index is -1.11. The third kappa shape index (κ3) is 3.65. The second kappa shape index (κ2) is 6.47. The van der Waals surface area contributed by atoms with Gasteiger partial charge in [-0.1, -0.05) is 26.0 Å². The fourth-order valence-electron chi connectivity index (χ4n) is 2.40. The van der Waals surface area contributed by atoms with E-state index in [9.17, 15) is 19.7 Å². The van der Waals surface area contributed by atoms with Gasteiger partial charge in [-0.25, -0.2) is 0 Å². The number of rotatable bonds is 6. The molecule has 0 aliphatic carbocycles. The number of carbonyl (C=O) groups is 2. The lowest BCUT2D eigenvalue weighted by Crippen LogP contribution is -2.38. The average molecular weight is 319 g/mol. The van der Waals surface area contributed by atoms with Crippen molar-refractivity contribution in [3.05, 3.63) is 40.1 Å². The van der Waals surface area contributed by atoms with E-state index in [2.05, 4.69) is 4.98 Å². The van der Waals surface area contributed by atoms with Gasteiger partial charge in [0.2, 0.25) is 0 Å². The molecule has 2 aromatic rings. The van der Waals surface area contributed by atoms with Crippen molar-refractivity contribution in [2.45, 2.75) is 13.8 Å². The highest BCUT2D eigenvalue weighted by atomic mass is 16.6. The van der Waals surface area contributed by atoms with Crippen LogP contribution in [0, 0.1) is 16.0 Å². The first-order valence-electron chi connectivity index (χ1n) is 7.06. The summed E-state index contributed by atoms with van der Waals surface area (Å²) < 4.78 is 0. The summed E-state index contributed by atoms with van der Waals surface area (Å²) in [6, 6.07) is 6.03. The molecule has 122 valence electrons. The monoisotopic (exact) mass is 319 g/mol. The molecule has 0 unspecified atom stereocenters. The van der Waals surface area contributed by atoms with E-state index in [0.29, 0.717) is 5.39 Å². The normalized spacial score (nSPS) is 10.9. The number of aromatic amines is 1. The Morgan fingerprint density at radius 1 is 1.39 bits per heavy atom. The zero-order chi connectivity index (χ0) is 17.1. The average Bonchev–Trinajstić information content (AvgIpc) is 2.88. The molecular formula is C15H17N3O5. The summed E-state index contributed by atoms with van der Waals surface area (Å²) in [4.78, 5) is 37.9. The Morgan fingerprint density at radius 3 is 2.65 bits per heavy atom. The molecule has 0 atom stereocenters. The van der Waals surface area contributed by atoms with Crippen molar-refractivity contribution in [2.75, 3.05) is 13.1 Å². The molecule has 0 bridgehead atoms. The van der Waals surface area contributed by atoms with Crippen LogP contribution in [0.4, 0.5) is 5.69 Å². The summed E-state index contributed by atoms with van der Waals surface area (Å²) >= 11 is 0. The number of benzene rings is 1. The Morgan fingerprint density at radius 2 is 2.09 bits per heavy atom. The highest BCUT2D eigenvalue weighted by molar-refractivity contribution is 6.01. The van der Waals surface area contributed by atoms with E-state index in [0.717, 1.165) is 0 Å². The Hall–Kier alpha value is -2.90. The van der Waals surface area contributed by atoms with Gasteiger partial charge >= 0.3 is 5.97 Å². The second-order valence-electron chi connectivity index (χ2n) is 5.65. The van der Waals surface area contributed by atoms with E-state index in [-0.39, 0.29) is 29.4 Å². The molecule has 2 N–H and O–H groups in total. The summed E-state index contributed by atoms with van der Waals surface area (Å²) in [5, 5.41) is 20.5. The molecule has 1 amide bonds. The van der Waals surface area contributed by atoms with Crippen LogP contribution in [0.25, 0.3) is 10.9 Å². The molecule has 0 saturated carbocycles. The van der Waals surface area contributed by atoms with Crippen LogP contribution in [0.15, 0.2) is 24.3 Å². The number of nitrogens with one attached hydrogen (secondary N) is 1. The number of aliphatic carboxylic acids is 1. The van der Waals surface area contributed by atoms with Gasteiger partial charge in [0.25, 0.3) is 11.6 Å². The zero-order valence-corrected chi connectivity index (χ0v) is 12.8. The summed E-state index contributed by atoms with van der Waals surface area (Å²) in [6.07, 6.45) is 0. The van der Waals surface area contributed by atoms with E-state index in [1.807, 2.05) is 13.8 Å². The second-order valence-corrected chi connectivity index (χ2v) is 5.65. The third-order valence-electron chi connectivity index (χ3n) is 3.26. The number of para-hydroxylation sites is 1. The lowest BCUT2D eigenvalue weighted by atomic mass is 10.2. The van der Waals surface area contributed by atoms with Gasteiger partial charge < -0.3 is 15.0 Å². The summed E-state index contributed by atoms with van der Waals surface area (Å²) in [7, 11) is 0. The van der Waals surface area contributed by atoms with Crippen molar-refractivity contribution in [1.82, 2.24) is 9.88 Å². The van der Waals surface area contributed by atoms with Gasteiger partial charge in [0.1, 0.15) is 17.8 Å². The van der Waals surface area contributed by atoms with Crippen LogP contribution in [0.3, 0.4) is 0 Å². The van der Waals surface area contributed by atoms with E-state index in [1.165, 1.54) is 23.1 Å². The number of nitro groups is 1. The lowest BCUT2D eigenvalue weighted by Gasteiger charge is -2.22. The van der Waals surface area contributed by atoms with Crippen LogP contribution in [-0.2, 0) is 4.79 Å². The predicted octanol–water partition coefficient (Wildman–Crippen LogP) is 2.26. The molecule has 0 saturated heterocycles. The van der Waals surface area contributed by atoms with Crippen molar-refractivity contribution in [1.29, 1.82) is 0 Å². The van der Waals surface area contributed by atoms with Crippen LogP contribution in [0.2, 0.25) is 0 Å². The van der Waals surface area contributed by atoms with Gasteiger partial charge in [0, 0.05) is 18.0 Å². The molecule has 0 aliphatic rings. The fourth-order valence-corrected chi connectivity index (χ4v) is 2.40. The van der Waals surface area contributed by atoms with Crippen molar-refractivity contribution < 1.29 is 19.6 Å². The number of carbonyl (C=O) groups excluding carboxylic acids is 1. The van der Waals surface area contributed by atoms with E-state index < -0.39 is 23.3 Å². The number of nitro benzene ring substituents is 1. The van der Waals surface area contributed by atoms with Crippen molar-refractivity contribution in [2.24, 2.45) is 5.92 Å². The van der Waals surface area contributed by atoms with E-state index >= 15 is 0 Å². The van der Waals surface area contributed by atoms with Crippen LogP contribution in [-0.4, -0.2) is 44.9 Å². The van der Waals surface area contributed by atoms with Gasteiger partial charge in [-0.2, -0.15) is 0 Å². The number of carboxylic acid groups (broad SMARTS) is 1. The number of hydrogen-bond donors (Lipinski definition) is 2. The fraction of sp³-hybridized carbons (Fsp3) is 0.333. The molecule has 0 spiro atoms. The minimum Gasteiger partial charge on any atom is -0.480 e. The summed E-state index contributed by atoms with van der Waals surface area (Å²) in [5.41, 5.74) is 0.257. The molecule has 0 aliphatic heterocycles. The Bertz CT molecular complexity index is 766. The molecule has 0 fully saturated rings. The lowest BCUT2D eigenvalue weighted by molar-refractivity contribution is -0.383. The number of fused-ring (bicyclic) bond motifs is 1. The number of hydrogen-bond acceptors (Lipinski definition) is 4. The van der Waals surface area contributed by atoms with Crippen LogP contribution < -0.4 is 0 Å². The molecule has 8 heteroatoms. The van der Waals surface area contributed by atoms with E-state index in [1.54, 1.807) is 6.07 Å². The van der Waals surface area contributed by atoms with Gasteiger partial charge in [-0.3, -0.25) is 19.7 Å². The molecule has 8 nitrogen and oxygen atoms in total.